The Morgan fingerprint density at radius 2 is 1.76 bits per heavy atom. The van der Waals surface area contributed by atoms with Crippen molar-refractivity contribution in [3.05, 3.63) is 86.8 Å². The smallest absolute Gasteiger partial charge is 0.189 e. The monoisotopic (exact) mass is 344 g/mol. The van der Waals surface area contributed by atoms with Crippen LogP contribution in [0.1, 0.15) is 38.2 Å². The number of aryl methyl sites for hydroxylation is 2. The van der Waals surface area contributed by atoms with Crippen LogP contribution in [0.15, 0.2) is 53.4 Å². The first-order chi connectivity index (χ1) is 12.0. The summed E-state index contributed by atoms with van der Waals surface area (Å²) in [6.07, 6.45) is 2.78. The predicted octanol–water partition coefficient (Wildman–Crippen LogP) is 6.16. The van der Waals surface area contributed by atoms with Gasteiger partial charge in [-0.3, -0.25) is 4.79 Å². The lowest BCUT2D eigenvalue weighted by Gasteiger charge is -2.07. The standard InChI is InChI=1S/C23H20OS/c1-14-9-17(10-15(2)16(14)3)11-20-13-19-12-18(22-5-4-8-25-22)6-7-21(19)23(20)24/h4-12H,13H2,1-3H3. The Morgan fingerprint density at radius 3 is 2.44 bits per heavy atom. The van der Waals surface area contributed by atoms with Gasteiger partial charge in [0.25, 0.3) is 0 Å². The lowest BCUT2D eigenvalue weighted by atomic mass is 9.98. The molecule has 0 aliphatic heterocycles. The average Bonchev–Trinajstić information content (AvgIpc) is 3.22. The zero-order valence-corrected chi connectivity index (χ0v) is 15.5. The lowest BCUT2D eigenvalue weighted by Crippen LogP contribution is -1.96. The maximum Gasteiger partial charge on any atom is 0.189 e. The van der Waals surface area contributed by atoms with E-state index >= 15 is 0 Å². The van der Waals surface area contributed by atoms with Crippen molar-refractivity contribution in [1.82, 2.24) is 0 Å². The number of rotatable bonds is 2. The van der Waals surface area contributed by atoms with Crippen LogP contribution in [-0.4, -0.2) is 5.78 Å². The Labute approximate surface area is 152 Å². The molecule has 1 aliphatic carbocycles. The largest absolute Gasteiger partial charge is 0.289 e. The van der Waals surface area contributed by atoms with Crippen LogP contribution in [0.25, 0.3) is 16.5 Å². The Balaban J connectivity index is 1.70. The minimum absolute atomic E-state index is 0.170. The second kappa shape index (κ2) is 6.12. The molecule has 0 spiro atoms. The van der Waals surface area contributed by atoms with Gasteiger partial charge in [0.05, 0.1) is 0 Å². The number of hydrogen-bond acceptors (Lipinski definition) is 2. The van der Waals surface area contributed by atoms with Gasteiger partial charge in [-0.2, -0.15) is 0 Å². The highest BCUT2D eigenvalue weighted by atomic mass is 32.1. The average molecular weight is 344 g/mol. The van der Waals surface area contributed by atoms with Crippen molar-refractivity contribution in [3.8, 4) is 10.4 Å². The van der Waals surface area contributed by atoms with E-state index in [4.69, 9.17) is 0 Å². The summed E-state index contributed by atoms with van der Waals surface area (Å²) in [6.45, 7) is 6.40. The third-order valence-corrected chi connectivity index (χ3v) is 6.04. The van der Waals surface area contributed by atoms with E-state index in [1.54, 1.807) is 11.3 Å². The summed E-state index contributed by atoms with van der Waals surface area (Å²) in [4.78, 5) is 14.0. The van der Waals surface area contributed by atoms with E-state index in [1.165, 1.54) is 27.1 Å². The number of carbonyl (C=O) groups excluding carboxylic acids is 1. The van der Waals surface area contributed by atoms with Crippen molar-refractivity contribution in [2.45, 2.75) is 27.2 Å². The van der Waals surface area contributed by atoms with E-state index in [2.05, 4.69) is 68.6 Å². The molecular formula is C23H20OS. The van der Waals surface area contributed by atoms with Gasteiger partial charge in [0.15, 0.2) is 5.78 Å². The Hall–Kier alpha value is -2.45. The van der Waals surface area contributed by atoms with Crippen LogP contribution < -0.4 is 0 Å². The summed E-state index contributed by atoms with van der Waals surface area (Å²) in [7, 11) is 0. The van der Waals surface area contributed by atoms with Crippen LogP contribution in [0.2, 0.25) is 0 Å². The normalized spacial score (nSPS) is 15.0. The molecule has 0 bridgehead atoms. The second-order valence-electron chi connectivity index (χ2n) is 6.80. The fourth-order valence-corrected chi connectivity index (χ4v) is 4.21. The van der Waals surface area contributed by atoms with Gasteiger partial charge >= 0.3 is 0 Å². The highest BCUT2D eigenvalue weighted by molar-refractivity contribution is 7.13. The quantitative estimate of drug-likeness (QED) is 0.509. The van der Waals surface area contributed by atoms with Gasteiger partial charge in [-0.25, -0.2) is 0 Å². The molecule has 124 valence electrons. The summed E-state index contributed by atoms with van der Waals surface area (Å²) in [5.74, 6) is 0.170. The molecule has 3 aromatic rings. The number of hydrogen-bond donors (Lipinski definition) is 0. The molecule has 1 nitrogen and oxygen atoms in total. The summed E-state index contributed by atoms with van der Waals surface area (Å²) < 4.78 is 0. The molecule has 0 saturated heterocycles. The zero-order chi connectivity index (χ0) is 17.6. The third kappa shape index (κ3) is 2.87. The fourth-order valence-electron chi connectivity index (χ4n) is 3.49. The molecule has 2 aromatic carbocycles. The van der Waals surface area contributed by atoms with Gasteiger partial charge in [0.2, 0.25) is 0 Å². The van der Waals surface area contributed by atoms with E-state index in [0.29, 0.717) is 0 Å². The predicted molar refractivity (Wildman–Crippen MR) is 106 cm³/mol. The molecule has 0 atom stereocenters. The molecular weight excluding hydrogens is 324 g/mol. The van der Waals surface area contributed by atoms with E-state index in [1.807, 2.05) is 6.07 Å². The zero-order valence-electron chi connectivity index (χ0n) is 14.7. The molecule has 0 amide bonds. The minimum atomic E-state index is 0.170. The van der Waals surface area contributed by atoms with Crippen molar-refractivity contribution < 1.29 is 4.79 Å². The molecule has 0 saturated carbocycles. The first-order valence-electron chi connectivity index (χ1n) is 8.53. The molecule has 0 N–H and O–H groups in total. The van der Waals surface area contributed by atoms with Crippen LogP contribution in [0.4, 0.5) is 0 Å². The van der Waals surface area contributed by atoms with Crippen molar-refractivity contribution in [1.29, 1.82) is 0 Å². The van der Waals surface area contributed by atoms with Crippen molar-refractivity contribution in [2.75, 3.05) is 0 Å². The Morgan fingerprint density at radius 1 is 1.00 bits per heavy atom. The maximum absolute atomic E-state index is 12.8. The molecule has 2 heteroatoms. The summed E-state index contributed by atoms with van der Waals surface area (Å²) >= 11 is 1.73. The van der Waals surface area contributed by atoms with Crippen molar-refractivity contribution in [2.24, 2.45) is 0 Å². The minimum Gasteiger partial charge on any atom is -0.289 e. The number of benzene rings is 2. The van der Waals surface area contributed by atoms with Gasteiger partial charge < -0.3 is 0 Å². The summed E-state index contributed by atoms with van der Waals surface area (Å²) in [6, 6.07) is 14.7. The van der Waals surface area contributed by atoms with Crippen LogP contribution in [-0.2, 0) is 6.42 Å². The van der Waals surface area contributed by atoms with Crippen LogP contribution in [0, 0.1) is 20.8 Å². The number of fused-ring (bicyclic) bond motifs is 1. The van der Waals surface area contributed by atoms with Crippen molar-refractivity contribution in [3.63, 3.8) is 0 Å². The molecule has 1 aromatic heterocycles. The molecule has 1 heterocycles. The van der Waals surface area contributed by atoms with Gasteiger partial charge in [0, 0.05) is 22.4 Å². The number of thiophene rings is 1. The number of ketones is 1. The lowest BCUT2D eigenvalue weighted by molar-refractivity contribution is 0.104. The number of allylic oxidation sites excluding steroid dienone is 1. The van der Waals surface area contributed by atoms with E-state index in [9.17, 15) is 4.79 Å². The second-order valence-corrected chi connectivity index (χ2v) is 7.75. The van der Waals surface area contributed by atoms with Crippen LogP contribution in [0.3, 0.4) is 0 Å². The van der Waals surface area contributed by atoms with Gasteiger partial charge in [-0.1, -0.05) is 30.3 Å². The number of Topliss-reactive ketones (excluding diaryl/α,β-unsaturated/α-hetero) is 1. The summed E-state index contributed by atoms with van der Waals surface area (Å²) in [5.41, 5.74) is 9.07. The first-order valence-corrected chi connectivity index (χ1v) is 9.41. The third-order valence-electron chi connectivity index (χ3n) is 5.12. The van der Waals surface area contributed by atoms with Crippen LogP contribution in [0.5, 0.6) is 0 Å². The van der Waals surface area contributed by atoms with Gasteiger partial charge in [-0.15, -0.1) is 11.3 Å². The van der Waals surface area contributed by atoms with E-state index < -0.39 is 0 Å². The summed E-state index contributed by atoms with van der Waals surface area (Å²) in [5, 5.41) is 2.08. The topological polar surface area (TPSA) is 17.1 Å². The molecule has 0 fully saturated rings. The van der Waals surface area contributed by atoms with Gasteiger partial charge in [-0.05, 0) is 77.7 Å². The van der Waals surface area contributed by atoms with Crippen molar-refractivity contribution >= 4 is 23.2 Å². The SMILES string of the molecule is Cc1cc(C=C2Cc3cc(-c4cccs4)ccc3C2=O)cc(C)c1C. The first kappa shape index (κ1) is 16.0. The van der Waals surface area contributed by atoms with Crippen LogP contribution >= 0.6 is 11.3 Å². The highest BCUT2D eigenvalue weighted by Gasteiger charge is 2.25. The molecule has 4 rings (SSSR count). The van der Waals surface area contributed by atoms with Gasteiger partial charge in [0.1, 0.15) is 0 Å². The van der Waals surface area contributed by atoms with E-state index in [0.717, 1.165) is 28.7 Å². The molecule has 25 heavy (non-hydrogen) atoms. The molecule has 1 aliphatic rings. The maximum atomic E-state index is 12.8. The Kier molecular flexibility index (Phi) is 3.93. The number of carbonyl (C=O) groups is 1. The fraction of sp³-hybridized carbons (Fsp3) is 0.174. The molecule has 0 radical (unpaired) electrons. The molecule has 0 unspecified atom stereocenters. The Bertz CT molecular complexity index is 984. The van der Waals surface area contributed by atoms with E-state index in [-0.39, 0.29) is 5.78 Å². The highest BCUT2D eigenvalue weighted by Crippen LogP contribution is 2.33.